The number of aromatic nitrogens is 4. The summed E-state index contributed by atoms with van der Waals surface area (Å²) in [5.41, 5.74) is 0.717. The molecule has 1 N–H and O–H groups in total. The monoisotopic (exact) mass is 477 g/mol. The summed E-state index contributed by atoms with van der Waals surface area (Å²) in [4.78, 5) is 13.5. The molecule has 182 valence electrons. The first-order valence-electron chi connectivity index (χ1n) is 11.2. The molecule has 2 aliphatic rings. The first-order chi connectivity index (χ1) is 16.3. The minimum atomic E-state index is -4.45. The van der Waals surface area contributed by atoms with Gasteiger partial charge in [0.1, 0.15) is 11.5 Å². The Labute approximate surface area is 194 Å². The van der Waals surface area contributed by atoms with Crippen molar-refractivity contribution in [1.29, 1.82) is 0 Å². The number of halogens is 3. The molecule has 0 bridgehead atoms. The number of imidazole rings is 1. The third kappa shape index (κ3) is 4.40. The van der Waals surface area contributed by atoms with Gasteiger partial charge in [-0.25, -0.2) is 4.98 Å². The molecule has 5 rings (SSSR count). The number of epoxide rings is 1. The molecule has 0 radical (unpaired) electrons. The van der Waals surface area contributed by atoms with Crippen LogP contribution in [0, 0.1) is 6.92 Å². The number of rotatable bonds is 8. The molecule has 3 atom stereocenters. The molecule has 4 heterocycles. The van der Waals surface area contributed by atoms with E-state index in [4.69, 9.17) is 14.2 Å². The summed E-state index contributed by atoms with van der Waals surface area (Å²) in [6, 6.07) is 3.19. The molecule has 2 aromatic heterocycles. The van der Waals surface area contributed by atoms with Gasteiger partial charge in [-0.2, -0.15) is 13.2 Å². The van der Waals surface area contributed by atoms with Gasteiger partial charge >= 0.3 is 6.18 Å². The Hall–Kier alpha value is -2.60. The fraction of sp³-hybridized carbons (Fsp3) is 0.522. The molecule has 0 amide bonds. The molecule has 1 aromatic carbocycles. The van der Waals surface area contributed by atoms with Crippen LogP contribution in [0.1, 0.15) is 41.7 Å². The van der Waals surface area contributed by atoms with E-state index in [-0.39, 0.29) is 11.6 Å². The highest BCUT2D eigenvalue weighted by atomic mass is 19.4. The van der Waals surface area contributed by atoms with Gasteiger partial charge in [0.2, 0.25) is 0 Å². The van der Waals surface area contributed by atoms with Crippen molar-refractivity contribution >= 4 is 11.0 Å². The zero-order valence-corrected chi connectivity index (χ0v) is 18.9. The van der Waals surface area contributed by atoms with Crippen LogP contribution in [0.2, 0.25) is 0 Å². The number of hydrogen-bond donors (Lipinski definition) is 1. The zero-order valence-electron chi connectivity index (χ0n) is 18.9. The quantitative estimate of drug-likeness (QED) is 0.497. The standard InChI is InChI=1S/C23H26F3N5O3/c1-14-11-28-19(12-27-14)22(13-34-22)30-20(18-4-3-8-33-18)21-29-16-10-15(23(24,25)26)5-6-17(16)31(21)7-9-32-2/h5-6,10-12,18,20,30H,3-4,7-9,13H2,1-2H3. The van der Waals surface area contributed by atoms with Crippen LogP contribution in [0.15, 0.2) is 30.6 Å². The van der Waals surface area contributed by atoms with Crippen molar-refractivity contribution in [3.63, 3.8) is 0 Å². The summed E-state index contributed by atoms with van der Waals surface area (Å²) in [5.74, 6) is 0.577. The topological polar surface area (TPSA) is 86.6 Å². The van der Waals surface area contributed by atoms with E-state index in [1.807, 2.05) is 11.5 Å². The van der Waals surface area contributed by atoms with Crippen molar-refractivity contribution in [2.45, 2.75) is 50.4 Å². The normalized spacial score (nSPS) is 23.5. The van der Waals surface area contributed by atoms with Crippen LogP contribution in [0.25, 0.3) is 11.0 Å². The predicted molar refractivity (Wildman–Crippen MR) is 116 cm³/mol. The lowest BCUT2D eigenvalue weighted by Crippen LogP contribution is -2.42. The SMILES string of the molecule is COCCn1c(C(NC2(c3cnc(C)cn3)CO2)C2CCCO2)nc2cc(C(F)(F)F)ccc21. The van der Waals surface area contributed by atoms with Gasteiger partial charge in [0.25, 0.3) is 0 Å². The van der Waals surface area contributed by atoms with Gasteiger partial charge in [0.05, 0.1) is 53.8 Å². The van der Waals surface area contributed by atoms with E-state index in [9.17, 15) is 13.2 Å². The number of aryl methyl sites for hydroxylation is 1. The lowest BCUT2D eigenvalue weighted by molar-refractivity contribution is -0.137. The second-order valence-electron chi connectivity index (χ2n) is 8.65. The average Bonchev–Trinajstić information content (AvgIpc) is 3.24. The Kier molecular flexibility index (Phi) is 6.05. The summed E-state index contributed by atoms with van der Waals surface area (Å²) in [5, 5.41) is 3.52. The third-order valence-electron chi connectivity index (χ3n) is 6.26. The van der Waals surface area contributed by atoms with E-state index in [0.29, 0.717) is 43.4 Å². The van der Waals surface area contributed by atoms with E-state index in [0.717, 1.165) is 30.7 Å². The second kappa shape index (κ2) is 8.88. The van der Waals surface area contributed by atoms with Crippen molar-refractivity contribution in [2.75, 3.05) is 26.9 Å². The molecule has 0 aliphatic carbocycles. The molecule has 0 saturated carbocycles. The molecule has 8 nitrogen and oxygen atoms in total. The molecular weight excluding hydrogens is 451 g/mol. The summed E-state index contributed by atoms with van der Waals surface area (Å²) in [7, 11) is 1.58. The molecule has 11 heteroatoms. The summed E-state index contributed by atoms with van der Waals surface area (Å²) in [6.45, 7) is 3.66. The number of ether oxygens (including phenoxy) is 3. The Morgan fingerprint density at radius 2 is 2.12 bits per heavy atom. The Morgan fingerprint density at radius 1 is 1.29 bits per heavy atom. The summed E-state index contributed by atoms with van der Waals surface area (Å²) >= 11 is 0. The van der Waals surface area contributed by atoms with Gasteiger partial charge in [-0.15, -0.1) is 0 Å². The van der Waals surface area contributed by atoms with Crippen molar-refractivity contribution < 1.29 is 27.4 Å². The van der Waals surface area contributed by atoms with Gasteiger partial charge in [0.15, 0.2) is 5.72 Å². The number of nitrogens with one attached hydrogen (secondary N) is 1. The molecule has 3 unspecified atom stereocenters. The molecular formula is C23H26F3N5O3. The minimum Gasteiger partial charge on any atom is -0.383 e. The van der Waals surface area contributed by atoms with E-state index < -0.39 is 23.5 Å². The maximum Gasteiger partial charge on any atom is 0.416 e. The smallest absolute Gasteiger partial charge is 0.383 e. The first kappa shape index (κ1) is 23.2. The van der Waals surface area contributed by atoms with Crippen LogP contribution in [-0.2, 0) is 32.7 Å². The van der Waals surface area contributed by atoms with Crippen molar-refractivity contribution in [3.05, 3.63) is 53.4 Å². The Balaban J connectivity index is 1.58. The van der Waals surface area contributed by atoms with Gasteiger partial charge in [-0.3, -0.25) is 15.3 Å². The van der Waals surface area contributed by atoms with Crippen LogP contribution in [0.3, 0.4) is 0 Å². The fourth-order valence-corrected chi connectivity index (χ4v) is 4.40. The molecule has 2 aliphatic heterocycles. The number of benzene rings is 1. The average molecular weight is 477 g/mol. The fourth-order valence-electron chi connectivity index (χ4n) is 4.40. The van der Waals surface area contributed by atoms with Crippen LogP contribution in [0.4, 0.5) is 13.2 Å². The maximum absolute atomic E-state index is 13.4. The molecule has 3 aromatic rings. The van der Waals surface area contributed by atoms with Crippen LogP contribution < -0.4 is 5.32 Å². The van der Waals surface area contributed by atoms with E-state index in [1.165, 1.54) is 6.07 Å². The summed E-state index contributed by atoms with van der Waals surface area (Å²) < 4.78 is 59.1. The predicted octanol–water partition coefficient (Wildman–Crippen LogP) is 3.49. The number of hydrogen-bond acceptors (Lipinski definition) is 7. The highest BCUT2D eigenvalue weighted by molar-refractivity contribution is 5.77. The largest absolute Gasteiger partial charge is 0.416 e. The number of methoxy groups -OCH3 is 1. The minimum absolute atomic E-state index is 0.223. The third-order valence-corrected chi connectivity index (χ3v) is 6.26. The Bertz CT molecular complexity index is 1160. The molecule has 2 fully saturated rings. The number of alkyl halides is 3. The number of nitrogens with zero attached hydrogens (tertiary/aromatic N) is 4. The van der Waals surface area contributed by atoms with Crippen molar-refractivity contribution in [2.24, 2.45) is 0 Å². The highest BCUT2D eigenvalue weighted by Crippen LogP contribution is 2.40. The van der Waals surface area contributed by atoms with Gasteiger partial charge < -0.3 is 18.8 Å². The van der Waals surface area contributed by atoms with E-state index in [2.05, 4.69) is 20.3 Å². The second-order valence-corrected chi connectivity index (χ2v) is 8.65. The zero-order chi connectivity index (χ0) is 23.9. The van der Waals surface area contributed by atoms with Crippen LogP contribution in [-0.4, -0.2) is 52.6 Å². The van der Waals surface area contributed by atoms with Gasteiger partial charge in [0, 0.05) is 26.5 Å². The highest BCUT2D eigenvalue weighted by Gasteiger charge is 2.52. The summed E-state index contributed by atoms with van der Waals surface area (Å²) in [6.07, 6.45) is 0.345. The molecule has 2 saturated heterocycles. The number of fused-ring (bicyclic) bond motifs is 1. The van der Waals surface area contributed by atoms with Gasteiger partial charge in [-0.05, 0) is 38.0 Å². The van der Waals surface area contributed by atoms with Crippen LogP contribution in [0.5, 0.6) is 0 Å². The van der Waals surface area contributed by atoms with Gasteiger partial charge in [-0.1, -0.05) is 0 Å². The first-order valence-corrected chi connectivity index (χ1v) is 11.2. The maximum atomic E-state index is 13.4. The lowest BCUT2D eigenvalue weighted by Gasteiger charge is -2.28. The van der Waals surface area contributed by atoms with Crippen molar-refractivity contribution in [1.82, 2.24) is 24.8 Å². The molecule has 0 spiro atoms. The van der Waals surface area contributed by atoms with Crippen molar-refractivity contribution in [3.8, 4) is 0 Å². The van der Waals surface area contributed by atoms with Crippen LogP contribution >= 0.6 is 0 Å². The van der Waals surface area contributed by atoms with E-state index >= 15 is 0 Å². The van der Waals surface area contributed by atoms with E-state index in [1.54, 1.807) is 19.5 Å². The lowest BCUT2D eigenvalue weighted by atomic mass is 10.0. The Morgan fingerprint density at radius 3 is 2.74 bits per heavy atom. The molecule has 34 heavy (non-hydrogen) atoms.